The summed E-state index contributed by atoms with van der Waals surface area (Å²) in [4.78, 5) is 40.1. The molecular formula is C24H24F3N5O4. The number of anilines is 1. The first-order chi connectivity index (χ1) is 17.1. The number of primary amides is 1. The van der Waals surface area contributed by atoms with E-state index in [1.54, 1.807) is 47.3 Å². The van der Waals surface area contributed by atoms with Crippen LogP contribution in [0.15, 0.2) is 48.7 Å². The summed E-state index contributed by atoms with van der Waals surface area (Å²) in [5.74, 6) is -3.29. The molecule has 0 bridgehead atoms. The molecule has 0 aliphatic carbocycles. The Morgan fingerprint density at radius 2 is 1.83 bits per heavy atom. The molecule has 0 spiro atoms. The van der Waals surface area contributed by atoms with E-state index < -0.39 is 30.0 Å². The predicted octanol–water partition coefficient (Wildman–Crippen LogP) is 3.72. The van der Waals surface area contributed by atoms with Crippen LogP contribution < -0.4 is 11.1 Å². The van der Waals surface area contributed by atoms with Crippen LogP contribution in [-0.4, -0.2) is 51.4 Å². The smallest absolute Gasteiger partial charge is 0.366 e. The molecule has 0 saturated carbocycles. The summed E-state index contributed by atoms with van der Waals surface area (Å²) in [5.41, 5.74) is 7.35. The number of nitrogens with one attached hydrogen (secondary N) is 1. The number of halogens is 3. The molecule has 3 N–H and O–H groups in total. The van der Waals surface area contributed by atoms with Crippen molar-refractivity contribution in [3.8, 4) is 5.69 Å². The third kappa shape index (κ3) is 5.82. The van der Waals surface area contributed by atoms with Crippen molar-refractivity contribution in [1.29, 1.82) is 0 Å². The molecular weight excluding hydrogens is 479 g/mol. The molecule has 190 valence electrons. The van der Waals surface area contributed by atoms with Gasteiger partial charge in [0.05, 0.1) is 17.3 Å². The molecule has 1 saturated heterocycles. The fourth-order valence-corrected chi connectivity index (χ4v) is 4.13. The van der Waals surface area contributed by atoms with E-state index in [-0.39, 0.29) is 13.0 Å². The van der Waals surface area contributed by atoms with E-state index in [1.807, 2.05) is 6.07 Å². The third-order valence-electron chi connectivity index (χ3n) is 5.89. The summed E-state index contributed by atoms with van der Waals surface area (Å²) in [6.45, 7) is 0.129. The summed E-state index contributed by atoms with van der Waals surface area (Å²) in [6.07, 6.45) is -1.02. The number of hydrogen-bond donors (Lipinski definition) is 2. The van der Waals surface area contributed by atoms with Gasteiger partial charge in [0.2, 0.25) is 5.91 Å². The lowest BCUT2D eigenvalue weighted by atomic mass is 10.1. The van der Waals surface area contributed by atoms with E-state index in [9.17, 15) is 27.6 Å². The number of carbonyl (C=O) groups is 3. The second-order valence-corrected chi connectivity index (χ2v) is 8.50. The average molecular weight is 503 g/mol. The molecule has 0 radical (unpaired) electrons. The molecule has 12 heteroatoms. The molecule has 1 aliphatic heterocycles. The fourth-order valence-electron chi connectivity index (χ4n) is 4.13. The Morgan fingerprint density at radius 3 is 2.53 bits per heavy atom. The number of fused-ring (bicyclic) bond motifs is 1. The van der Waals surface area contributed by atoms with Crippen LogP contribution in [0.1, 0.15) is 42.5 Å². The average Bonchev–Trinajstić information content (AvgIpc) is 3.15. The Hall–Kier alpha value is -3.93. The van der Waals surface area contributed by atoms with E-state index in [2.05, 4.69) is 15.3 Å². The molecule has 2 aromatic carbocycles. The van der Waals surface area contributed by atoms with Crippen LogP contribution in [-0.2, 0) is 14.4 Å². The monoisotopic (exact) mass is 503 g/mol. The van der Waals surface area contributed by atoms with Gasteiger partial charge in [0.15, 0.2) is 0 Å². The van der Waals surface area contributed by atoms with Gasteiger partial charge >= 0.3 is 12.1 Å². The minimum atomic E-state index is -5.11. The molecule has 2 heterocycles. The number of hydrogen-bond acceptors (Lipinski definition) is 6. The normalized spacial score (nSPS) is 16.9. The van der Waals surface area contributed by atoms with Gasteiger partial charge in [-0.25, -0.2) is 9.48 Å². The van der Waals surface area contributed by atoms with Gasteiger partial charge in [-0.2, -0.15) is 18.3 Å². The van der Waals surface area contributed by atoms with Crippen molar-refractivity contribution in [2.75, 3.05) is 11.9 Å². The second-order valence-electron chi connectivity index (χ2n) is 8.50. The van der Waals surface area contributed by atoms with Gasteiger partial charge in [-0.1, -0.05) is 25.0 Å². The maximum atomic E-state index is 12.6. The number of nitrogens with zero attached hydrogens (tertiary/aromatic N) is 3. The van der Waals surface area contributed by atoms with Crippen molar-refractivity contribution < 1.29 is 32.4 Å². The number of nitrogens with two attached hydrogens (primary N) is 1. The van der Waals surface area contributed by atoms with E-state index >= 15 is 0 Å². The first-order valence-electron chi connectivity index (χ1n) is 11.4. The van der Waals surface area contributed by atoms with Gasteiger partial charge in [0, 0.05) is 30.2 Å². The molecule has 4 rings (SSSR count). The zero-order chi connectivity index (χ0) is 25.9. The topological polar surface area (TPSA) is 120 Å². The van der Waals surface area contributed by atoms with Crippen LogP contribution in [0.3, 0.4) is 0 Å². The number of amides is 2. The highest BCUT2D eigenvalue weighted by Crippen LogP contribution is 2.25. The third-order valence-corrected chi connectivity index (χ3v) is 5.89. The standard InChI is InChI=1S/C24H24F3N5O4/c25-24(26,27)23(35)36-32-12-3-1-2-6-18(32)13-20(33)29-16-8-10-17(11-9-16)31-14-15-5-4-7-19(22(28)34)21(15)30-31/h4-5,7-11,14,18H,1-3,6,12-13H2,(H2,28,34)(H,29,33). The largest absolute Gasteiger partial charge is 0.492 e. The maximum Gasteiger partial charge on any atom is 0.492 e. The number of hydroxylamine groups is 2. The summed E-state index contributed by atoms with van der Waals surface area (Å²) >= 11 is 0. The number of benzene rings is 2. The quantitative estimate of drug-likeness (QED) is 0.529. The fraction of sp³-hybridized carbons (Fsp3) is 0.333. The molecule has 3 aromatic rings. The number of alkyl halides is 3. The predicted molar refractivity (Wildman–Crippen MR) is 124 cm³/mol. The minimum Gasteiger partial charge on any atom is -0.366 e. The molecule has 9 nitrogen and oxygen atoms in total. The molecule has 2 amide bonds. The Morgan fingerprint density at radius 1 is 1.08 bits per heavy atom. The van der Waals surface area contributed by atoms with Crippen molar-refractivity contribution in [2.45, 2.75) is 44.3 Å². The van der Waals surface area contributed by atoms with Crippen LogP contribution >= 0.6 is 0 Å². The van der Waals surface area contributed by atoms with Crippen LogP contribution in [0.5, 0.6) is 0 Å². The summed E-state index contributed by atoms with van der Waals surface area (Å²) < 4.78 is 39.5. The van der Waals surface area contributed by atoms with Crippen molar-refractivity contribution in [2.24, 2.45) is 5.73 Å². The Labute approximate surface area is 203 Å². The van der Waals surface area contributed by atoms with E-state index in [0.29, 0.717) is 41.7 Å². The first kappa shape index (κ1) is 25.2. The number of rotatable bonds is 6. The second kappa shape index (κ2) is 10.4. The molecule has 36 heavy (non-hydrogen) atoms. The van der Waals surface area contributed by atoms with E-state index in [0.717, 1.165) is 16.9 Å². The highest BCUT2D eigenvalue weighted by molar-refractivity contribution is 6.04. The van der Waals surface area contributed by atoms with Gasteiger partial charge in [-0.05, 0) is 43.2 Å². The SMILES string of the molecule is NC(=O)c1cccc2cn(-c3ccc(NC(=O)CC4CCCCCN4OC(=O)C(F)(F)F)cc3)nc12. The van der Waals surface area contributed by atoms with Crippen molar-refractivity contribution in [1.82, 2.24) is 14.8 Å². The van der Waals surface area contributed by atoms with Gasteiger partial charge in [-0.15, -0.1) is 5.06 Å². The molecule has 1 fully saturated rings. The minimum absolute atomic E-state index is 0.129. The van der Waals surface area contributed by atoms with Crippen molar-refractivity contribution in [3.63, 3.8) is 0 Å². The lowest BCUT2D eigenvalue weighted by Crippen LogP contribution is -2.42. The summed E-state index contributed by atoms with van der Waals surface area (Å²) in [6, 6.07) is 11.2. The van der Waals surface area contributed by atoms with Crippen LogP contribution in [0, 0.1) is 0 Å². The molecule has 1 unspecified atom stereocenters. The Balaban J connectivity index is 1.42. The maximum absolute atomic E-state index is 12.6. The van der Waals surface area contributed by atoms with Crippen molar-refractivity contribution >= 4 is 34.4 Å². The number of aromatic nitrogens is 2. The zero-order valence-corrected chi connectivity index (χ0v) is 19.1. The summed E-state index contributed by atoms with van der Waals surface area (Å²) in [5, 5.41) is 8.87. The molecule has 1 atom stereocenters. The highest BCUT2D eigenvalue weighted by Gasteiger charge is 2.43. The lowest BCUT2D eigenvalue weighted by molar-refractivity contribution is -0.246. The van der Waals surface area contributed by atoms with Gasteiger partial charge < -0.3 is 15.9 Å². The summed E-state index contributed by atoms with van der Waals surface area (Å²) in [7, 11) is 0. The van der Waals surface area contributed by atoms with Gasteiger partial charge in [-0.3, -0.25) is 9.59 Å². The van der Waals surface area contributed by atoms with Crippen LogP contribution in [0.2, 0.25) is 0 Å². The zero-order valence-electron chi connectivity index (χ0n) is 19.1. The van der Waals surface area contributed by atoms with Gasteiger partial charge in [0.25, 0.3) is 5.91 Å². The van der Waals surface area contributed by atoms with Crippen molar-refractivity contribution in [3.05, 3.63) is 54.2 Å². The first-order valence-corrected chi connectivity index (χ1v) is 11.4. The highest BCUT2D eigenvalue weighted by atomic mass is 19.4. The number of carbonyl (C=O) groups excluding carboxylic acids is 3. The molecule has 1 aromatic heterocycles. The molecule has 1 aliphatic rings. The van der Waals surface area contributed by atoms with Crippen LogP contribution in [0.4, 0.5) is 18.9 Å². The van der Waals surface area contributed by atoms with Gasteiger partial charge in [0.1, 0.15) is 5.52 Å². The van der Waals surface area contributed by atoms with E-state index in [1.165, 1.54) is 0 Å². The van der Waals surface area contributed by atoms with Crippen LogP contribution in [0.25, 0.3) is 16.6 Å². The lowest BCUT2D eigenvalue weighted by Gasteiger charge is -2.28. The van der Waals surface area contributed by atoms with E-state index in [4.69, 9.17) is 5.73 Å². The Bertz CT molecular complexity index is 1270. The Kier molecular flexibility index (Phi) is 7.25.